The highest BCUT2D eigenvalue weighted by Gasteiger charge is 2.11. The molecule has 0 saturated heterocycles. The molecule has 0 aliphatic carbocycles. The van der Waals surface area contributed by atoms with Crippen molar-refractivity contribution in [1.82, 2.24) is 0 Å². The van der Waals surface area contributed by atoms with Crippen LogP contribution in [-0.2, 0) is 0 Å². The number of halogens is 1. The van der Waals surface area contributed by atoms with E-state index < -0.39 is 5.97 Å². The molecule has 1 N–H and O–H groups in total. The SMILES string of the molecule is C=CCCCOc1ccc(Br)cc1C(=O)O. The molecule has 0 atom stereocenters. The van der Waals surface area contributed by atoms with Gasteiger partial charge in [0.2, 0.25) is 0 Å². The van der Waals surface area contributed by atoms with Crippen LogP contribution in [0, 0.1) is 0 Å². The molecule has 1 aromatic rings. The Kier molecular flexibility index (Phi) is 5.05. The standard InChI is InChI=1S/C12H13BrO3/c1-2-3-4-7-16-11-6-5-9(13)8-10(11)12(14)15/h2,5-6,8H,1,3-4,7H2,(H,14,15). The number of allylic oxidation sites excluding steroid dienone is 1. The maximum absolute atomic E-state index is 10.9. The topological polar surface area (TPSA) is 46.5 Å². The summed E-state index contributed by atoms with van der Waals surface area (Å²) in [5.74, 6) is -0.584. The molecule has 0 aromatic heterocycles. The minimum Gasteiger partial charge on any atom is -0.493 e. The molecule has 0 radical (unpaired) electrons. The summed E-state index contributed by atoms with van der Waals surface area (Å²) >= 11 is 3.23. The van der Waals surface area contributed by atoms with E-state index in [2.05, 4.69) is 22.5 Å². The largest absolute Gasteiger partial charge is 0.493 e. The van der Waals surface area contributed by atoms with Gasteiger partial charge >= 0.3 is 5.97 Å². The molecule has 0 fully saturated rings. The number of ether oxygens (including phenoxy) is 1. The van der Waals surface area contributed by atoms with Crippen molar-refractivity contribution < 1.29 is 14.6 Å². The molecule has 0 saturated carbocycles. The lowest BCUT2D eigenvalue weighted by Crippen LogP contribution is -2.04. The molecule has 4 heteroatoms. The highest BCUT2D eigenvalue weighted by Crippen LogP contribution is 2.23. The fourth-order valence-electron chi connectivity index (χ4n) is 1.20. The highest BCUT2D eigenvalue weighted by molar-refractivity contribution is 9.10. The Hall–Kier alpha value is -1.29. The fraction of sp³-hybridized carbons (Fsp3) is 0.250. The van der Waals surface area contributed by atoms with Crippen molar-refractivity contribution in [3.63, 3.8) is 0 Å². The second kappa shape index (κ2) is 6.33. The van der Waals surface area contributed by atoms with Crippen LogP contribution in [-0.4, -0.2) is 17.7 Å². The number of carboxylic acids is 1. The minimum absolute atomic E-state index is 0.174. The Labute approximate surface area is 103 Å². The van der Waals surface area contributed by atoms with Gasteiger partial charge in [0, 0.05) is 4.47 Å². The van der Waals surface area contributed by atoms with E-state index in [9.17, 15) is 4.79 Å². The first-order chi connectivity index (χ1) is 7.65. The number of hydrogen-bond donors (Lipinski definition) is 1. The summed E-state index contributed by atoms with van der Waals surface area (Å²) in [6, 6.07) is 4.95. The number of aromatic carboxylic acids is 1. The van der Waals surface area contributed by atoms with Crippen molar-refractivity contribution in [2.24, 2.45) is 0 Å². The second-order valence-electron chi connectivity index (χ2n) is 3.22. The van der Waals surface area contributed by atoms with Gasteiger partial charge in [-0.1, -0.05) is 22.0 Å². The lowest BCUT2D eigenvalue weighted by Gasteiger charge is -2.08. The summed E-state index contributed by atoms with van der Waals surface area (Å²) in [7, 11) is 0. The summed E-state index contributed by atoms with van der Waals surface area (Å²) < 4.78 is 6.13. The fourth-order valence-corrected chi connectivity index (χ4v) is 1.57. The van der Waals surface area contributed by atoms with Gasteiger partial charge in [-0.2, -0.15) is 0 Å². The Morgan fingerprint density at radius 1 is 1.56 bits per heavy atom. The van der Waals surface area contributed by atoms with Gasteiger partial charge in [0.05, 0.1) is 6.61 Å². The zero-order chi connectivity index (χ0) is 12.0. The van der Waals surface area contributed by atoms with E-state index in [1.54, 1.807) is 12.1 Å². The highest BCUT2D eigenvalue weighted by atomic mass is 79.9. The van der Waals surface area contributed by atoms with Gasteiger partial charge in [-0.25, -0.2) is 4.79 Å². The van der Waals surface area contributed by atoms with Crippen molar-refractivity contribution in [1.29, 1.82) is 0 Å². The maximum atomic E-state index is 10.9. The van der Waals surface area contributed by atoms with Crippen LogP contribution in [0.2, 0.25) is 0 Å². The first-order valence-electron chi connectivity index (χ1n) is 4.91. The van der Waals surface area contributed by atoms with E-state index in [0.29, 0.717) is 12.4 Å². The second-order valence-corrected chi connectivity index (χ2v) is 4.14. The molecular weight excluding hydrogens is 272 g/mol. The molecule has 3 nitrogen and oxygen atoms in total. The number of rotatable bonds is 6. The van der Waals surface area contributed by atoms with Crippen LogP contribution < -0.4 is 4.74 Å². The van der Waals surface area contributed by atoms with E-state index >= 15 is 0 Å². The molecule has 86 valence electrons. The number of carbonyl (C=O) groups is 1. The summed E-state index contributed by atoms with van der Waals surface area (Å²) in [4.78, 5) is 10.9. The molecule has 1 rings (SSSR count). The molecular formula is C12H13BrO3. The summed E-state index contributed by atoms with van der Waals surface area (Å²) in [6.07, 6.45) is 3.50. The van der Waals surface area contributed by atoms with Crippen LogP contribution in [0.3, 0.4) is 0 Å². The van der Waals surface area contributed by atoms with Crippen molar-refractivity contribution in [3.05, 3.63) is 40.9 Å². The Morgan fingerprint density at radius 2 is 2.31 bits per heavy atom. The average molecular weight is 285 g/mol. The Morgan fingerprint density at radius 3 is 2.94 bits per heavy atom. The summed E-state index contributed by atoms with van der Waals surface area (Å²) in [6.45, 7) is 4.10. The molecule has 0 amide bonds. The lowest BCUT2D eigenvalue weighted by atomic mass is 10.2. The number of carboxylic acid groups (broad SMARTS) is 1. The van der Waals surface area contributed by atoms with Gasteiger partial charge in [0.1, 0.15) is 11.3 Å². The van der Waals surface area contributed by atoms with Gasteiger partial charge in [-0.05, 0) is 31.0 Å². The number of hydrogen-bond acceptors (Lipinski definition) is 2. The third-order valence-corrected chi connectivity index (χ3v) is 2.48. The number of benzene rings is 1. The van der Waals surface area contributed by atoms with Gasteiger partial charge in [0.25, 0.3) is 0 Å². The van der Waals surface area contributed by atoms with E-state index in [0.717, 1.165) is 17.3 Å². The van der Waals surface area contributed by atoms with Gasteiger partial charge in [0.15, 0.2) is 0 Å². The van der Waals surface area contributed by atoms with Gasteiger partial charge in [-0.15, -0.1) is 6.58 Å². The zero-order valence-electron chi connectivity index (χ0n) is 8.78. The van der Waals surface area contributed by atoms with Crippen molar-refractivity contribution >= 4 is 21.9 Å². The van der Waals surface area contributed by atoms with Crippen LogP contribution in [0.25, 0.3) is 0 Å². The predicted molar refractivity (Wildman–Crippen MR) is 66.0 cm³/mol. The van der Waals surface area contributed by atoms with Crippen molar-refractivity contribution in [2.45, 2.75) is 12.8 Å². The molecule has 0 aliphatic rings. The zero-order valence-corrected chi connectivity index (χ0v) is 10.4. The van der Waals surface area contributed by atoms with E-state index in [1.807, 2.05) is 6.08 Å². The smallest absolute Gasteiger partial charge is 0.339 e. The first kappa shape index (κ1) is 12.8. The Bertz CT molecular complexity index is 388. The van der Waals surface area contributed by atoms with Crippen molar-refractivity contribution in [3.8, 4) is 5.75 Å². The normalized spacial score (nSPS) is 9.81. The third kappa shape index (κ3) is 3.70. The quantitative estimate of drug-likeness (QED) is 0.643. The van der Waals surface area contributed by atoms with Crippen LogP contribution in [0.5, 0.6) is 5.75 Å². The molecule has 0 unspecified atom stereocenters. The molecule has 0 aliphatic heterocycles. The molecule has 0 bridgehead atoms. The van der Waals surface area contributed by atoms with Crippen LogP contribution in [0.1, 0.15) is 23.2 Å². The molecule has 1 aromatic carbocycles. The predicted octanol–water partition coefficient (Wildman–Crippen LogP) is 3.49. The van der Waals surface area contributed by atoms with E-state index in [1.165, 1.54) is 6.07 Å². The van der Waals surface area contributed by atoms with Crippen LogP contribution in [0.15, 0.2) is 35.3 Å². The molecule has 0 heterocycles. The van der Waals surface area contributed by atoms with Gasteiger partial charge in [-0.3, -0.25) is 0 Å². The van der Waals surface area contributed by atoms with E-state index in [4.69, 9.17) is 9.84 Å². The van der Waals surface area contributed by atoms with Crippen LogP contribution in [0.4, 0.5) is 0 Å². The van der Waals surface area contributed by atoms with E-state index in [-0.39, 0.29) is 5.56 Å². The molecule has 16 heavy (non-hydrogen) atoms. The number of unbranched alkanes of at least 4 members (excludes halogenated alkanes) is 1. The summed E-state index contributed by atoms with van der Waals surface area (Å²) in [5, 5.41) is 8.98. The summed E-state index contributed by atoms with van der Waals surface area (Å²) in [5.41, 5.74) is 0.174. The van der Waals surface area contributed by atoms with Crippen molar-refractivity contribution in [2.75, 3.05) is 6.61 Å². The lowest BCUT2D eigenvalue weighted by molar-refractivity contribution is 0.0692. The molecule has 0 spiro atoms. The maximum Gasteiger partial charge on any atom is 0.339 e. The third-order valence-electron chi connectivity index (χ3n) is 1.98. The Balaban J connectivity index is 2.71. The minimum atomic E-state index is -0.986. The monoisotopic (exact) mass is 284 g/mol. The average Bonchev–Trinajstić information content (AvgIpc) is 2.26. The van der Waals surface area contributed by atoms with Gasteiger partial charge < -0.3 is 9.84 Å². The first-order valence-corrected chi connectivity index (χ1v) is 5.71. The van der Waals surface area contributed by atoms with Crippen LogP contribution >= 0.6 is 15.9 Å².